The molecule has 1 rings (SSSR count). The van der Waals surface area contributed by atoms with Gasteiger partial charge in [-0.2, -0.15) is 0 Å². The predicted molar refractivity (Wildman–Crippen MR) is 85.2 cm³/mol. The smallest absolute Gasteiger partial charge is 0.408 e. The van der Waals surface area contributed by atoms with Crippen LogP contribution in [0.1, 0.15) is 32.8 Å². The highest BCUT2D eigenvalue weighted by Gasteiger charge is 2.22. The summed E-state index contributed by atoms with van der Waals surface area (Å²) in [5, 5.41) is 5.04. The topological polar surface area (TPSA) is 67.4 Å². The van der Waals surface area contributed by atoms with Gasteiger partial charge in [0.2, 0.25) is 5.91 Å². The molecular formula is C17H22N2O3. The average Bonchev–Trinajstić information content (AvgIpc) is 2.44. The molecule has 5 heteroatoms. The number of carbonyl (C=O) groups is 2. The highest BCUT2D eigenvalue weighted by atomic mass is 16.6. The van der Waals surface area contributed by atoms with Crippen molar-refractivity contribution in [3.8, 4) is 11.8 Å². The van der Waals surface area contributed by atoms with Crippen molar-refractivity contribution in [2.24, 2.45) is 0 Å². The van der Waals surface area contributed by atoms with E-state index in [1.165, 1.54) is 7.05 Å². The Morgan fingerprint density at radius 3 is 2.41 bits per heavy atom. The fraction of sp³-hybridized carbons (Fsp3) is 0.412. The summed E-state index contributed by atoms with van der Waals surface area (Å²) in [7, 11) is 1.51. The van der Waals surface area contributed by atoms with Crippen LogP contribution in [-0.2, 0) is 9.53 Å². The first kappa shape index (κ1) is 17.6. The van der Waals surface area contributed by atoms with Crippen molar-refractivity contribution < 1.29 is 14.3 Å². The van der Waals surface area contributed by atoms with Crippen LogP contribution >= 0.6 is 0 Å². The lowest BCUT2D eigenvalue weighted by atomic mass is 10.1. The number of hydrogen-bond acceptors (Lipinski definition) is 3. The highest BCUT2D eigenvalue weighted by molar-refractivity contribution is 5.85. The summed E-state index contributed by atoms with van der Waals surface area (Å²) in [5.41, 5.74) is 0.239. The molecule has 0 aliphatic carbocycles. The molecule has 0 aliphatic heterocycles. The lowest BCUT2D eigenvalue weighted by Gasteiger charge is -2.22. The molecule has 0 radical (unpaired) electrons. The van der Waals surface area contributed by atoms with Gasteiger partial charge < -0.3 is 15.4 Å². The third-order valence-electron chi connectivity index (χ3n) is 2.57. The van der Waals surface area contributed by atoms with Crippen molar-refractivity contribution in [2.45, 2.75) is 38.8 Å². The molecule has 0 saturated heterocycles. The number of benzene rings is 1. The second-order valence-electron chi connectivity index (χ2n) is 5.68. The molecule has 0 fully saturated rings. The Morgan fingerprint density at radius 1 is 1.23 bits per heavy atom. The molecule has 0 saturated carbocycles. The zero-order chi connectivity index (χ0) is 16.6. The quantitative estimate of drug-likeness (QED) is 0.840. The Kier molecular flexibility index (Phi) is 6.46. The van der Waals surface area contributed by atoms with Crippen molar-refractivity contribution in [2.75, 3.05) is 7.05 Å². The Bertz CT molecular complexity index is 565. The van der Waals surface area contributed by atoms with Crippen LogP contribution in [0.25, 0.3) is 0 Å². The lowest BCUT2D eigenvalue weighted by molar-refractivity contribution is -0.122. The second kappa shape index (κ2) is 8.08. The number of amides is 2. The van der Waals surface area contributed by atoms with E-state index in [4.69, 9.17) is 4.74 Å². The lowest BCUT2D eigenvalue weighted by Crippen LogP contribution is -2.47. The Balaban J connectivity index is 2.68. The zero-order valence-corrected chi connectivity index (χ0v) is 13.4. The normalized spacial score (nSPS) is 11.6. The molecule has 0 spiro atoms. The van der Waals surface area contributed by atoms with Crippen molar-refractivity contribution in [3.05, 3.63) is 35.9 Å². The number of likely N-dealkylation sites (N-methyl/N-ethyl adjacent to an activating group) is 1. The molecule has 1 unspecified atom stereocenters. The molecule has 118 valence electrons. The summed E-state index contributed by atoms with van der Waals surface area (Å²) in [4.78, 5) is 23.6. The third-order valence-corrected chi connectivity index (χ3v) is 2.57. The van der Waals surface area contributed by atoms with Crippen molar-refractivity contribution in [1.29, 1.82) is 0 Å². The summed E-state index contributed by atoms with van der Waals surface area (Å²) in [6.07, 6.45) is -0.434. The van der Waals surface area contributed by atoms with Gasteiger partial charge in [-0.1, -0.05) is 30.0 Å². The first-order valence-corrected chi connectivity index (χ1v) is 7.07. The van der Waals surface area contributed by atoms with E-state index < -0.39 is 17.7 Å². The van der Waals surface area contributed by atoms with Gasteiger partial charge in [0.1, 0.15) is 11.6 Å². The molecular weight excluding hydrogens is 280 g/mol. The Labute approximate surface area is 131 Å². The summed E-state index contributed by atoms with van der Waals surface area (Å²) >= 11 is 0. The van der Waals surface area contributed by atoms with Gasteiger partial charge in [-0.15, -0.1) is 0 Å². The minimum absolute atomic E-state index is 0.202. The van der Waals surface area contributed by atoms with E-state index in [2.05, 4.69) is 22.5 Å². The minimum Gasteiger partial charge on any atom is -0.444 e. The van der Waals surface area contributed by atoms with Gasteiger partial charge in [-0.25, -0.2) is 4.79 Å². The van der Waals surface area contributed by atoms with Crippen LogP contribution in [0, 0.1) is 11.8 Å². The second-order valence-corrected chi connectivity index (χ2v) is 5.68. The van der Waals surface area contributed by atoms with E-state index in [-0.39, 0.29) is 12.3 Å². The summed E-state index contributed by atoms with van der Waals surface area (Å²) < 4.78 is 5.15. The predicted octanol–water partition coefficient (Wildman–Crippen LogP) is 2.07. The van der Waals surface area contributed by atoms with E-state index in [9.17, 15) is 9.59 Å². The number of hydrogen-bond donors (Lipinski definition) is 2. The molecule has 2 N–H and O–H groups in total. The molecule has 1 aromatic carbocycles. The van der Waals surface area contributed by atoms with E-state index >= 15 is 0 Å². The van der Waals surface area contributed by atoms with Crippen molar-refractivity contribution >= 4 is 12.0 Å². The molecule has 0 bridgehead atoms. The van der Waals surface area contributed by atoms with Crippen LogP contribution in [0.4, 0.5) is 4.79 Å². The molecule has 22 heavy (non-hydrogen) atoms. The maximum absolute atomic E-state index is 11.8. The number of ether oxygens (including phenoxy) is 1. The zero-order valence-electron chi connectivity index (χ0n) is 13.4. The van der Waals surface area contributed by atoms with Crippen LogP contribution in [0.15, 0.2) is 30.3 Å². The SMILES string of the molecule is CNC(=O)C(CC#Cc1ccccc1)NC(=O)OC(C)(C)C. The summed E-state index contributed by atoms with van der Waals surface area (Å²) in [5.74, 6) is 5.55. The van der Waals surface area contributed by atoms with Gasteiger partial charge in [-0.05, 0) is 32.9 Å². The van der Waals surface area contributed by atoms with E-state index in [0.29, 0.717) is 0 Å². The monoisotopic (exact) mass is 302 g/mol. The van der Waals surface area contributed by atoms with Crippen molar-refractivity contribution in [1.82, 2.24) is 10.6 Å². The van der Waals surface area contributed by atoms with Crippen molar-refractivity contribution in [3.63, 3.8) is 0 Å². The minimum atomic E-state index is -0.754. The molecule has 0 heterocycles. The maximum atomic E-state index is 11.8. The average molecular weight is 302 g/mol. The fourth-order valence-electron chi connectivity index (χ4n) is 1.61. The van der Waals surface area contributed by atoms with E-state index in [1.807, 2.05) is 30.3 Å². The third kappa shape index (κ3) is 6.80. The van der Waals surface area contributed by atoms with E-state index in [0.717, 1.165) is 5.56 Å². The van der Waals surface area contributed by atoms with Crippen LogP contribution in [-0.4, -0.2) is 30.7 Å². The number of carbonyl (C=O) groups excluding carboxylic acids is 2. The Hall–Kier alpha value is -2.48. The van der Waals surface area contributed by atoms with Gasteiger partial charge >= 0.3 is 6.09 Å². The van der Waals surface area contributed by atoms with Crippen LogP contribution in [0.2, 0.25) is 0 Å². The van der Waals surface area contributed by atoms with Gasteiger partial charge in [0.15, 0.2) is 0 Å². The van der Waals surface area contributed by atoms with Crippen LogP contribution in [0.5, 0.6) is 0 Å². The molecule has 1 atom stereocenters. The number of nitrogens with one attached hydrogen (secondary N) is 2. The maximum Gasteiger partial charge on any atom is 0.408 e. The first-order chi connectivity index (χ1) is 10.3. The van der Waals surface area contributed by atoms with Crippen LogP contribution < -0.4 is 10.6 Å². The molecule has 5 nitrogen and oxygen atoms in total. The molecule has 2 amide bonds. The number of alkyl carbamates (subject to hydrolysis) is 1. The van der Waals surface area contributed by atoms with Gasteiger partial charge in [0, 0.05) is 19.0 Å². The largest absolute Gasteiger partial charge is 0.444 e. The highest BCUT2D eigenvalue weighted by Crippen LogP contribution is 2.07. The summed E-state index contributed by atoms with van der Waals surface area (Å²) in [6, 6.07) is 8.68. The molecule has 0 aromatic heterocycles. The number of rotatable bonds is 3. The van der Waals surface area contributed by atoms with E-state index in [1.54, 1.807) is 20.8 Å². The molecule has 0 aliphatic rings. The Morgan fingerprint density at radius 2 is 1.86 bits per heavy atom. The van der Waals surface area contributed by atoms with Gasteiger partial charge in [0.05, 0.1) is 0 Å². The first-order valence-electron chi connectivity index (χ1n) is 7.07. The van der Waals surface area contributed by atoms with Gasteiger partial charge in [0.25, 0.3) is 0 Å². The standard InChI is InChI=1S/C17H22N2O3/c1-17(2,3)22-16(21)19-14(15(20)18-4)12-8-11-13-9-6-5-7-10-13/h5-7,9-10,14H,12H2,1-4H3,(H,18,20)(H,19,21). The molecule has 1 aromatic rings. The van der Waals surface area contributed by atoms with Crippen LogP contribution in [0.3, 0.4) is 0 Å². The van der Waals surface area contributed by atoms with Gasteiger partial charge in [-0.3, -0.25) is 4.79 Å². The fourth-order valence-corrected chi connectivity index (χ4v) is 1.61. The summed E-state index contributed by atoms with van der Waals surface area (Å²) in [6.45, 7) is 5.28.